The van der Waals surface area contributed by atoms with Gasteiger partial charge in [-0.05, 0) is 46.9 Å². The van der Waals surface area contributed by atoms with E-state index in [4.69, 9.17) is 0 Å². The number of aryl methyl sites for hydroxylation is 1. The zero-order valence-corrected chi connectivity index (χ0v) is 20.2. The van der Waals surface area contributed by atoms with Crippen LogP contribution >= 0.6 is 0 Å². The first-order valence-electron chi connectivity index (χ1n) is 11.8. The number of alkyl halides is 6. The zero-order valence-electron chi connectivity index (χ0n) is 20.2. The molecule has 1 fully saturated rings. The summed E-state index contributed by atoms with van der Waals surface area (Å²) in [6.45, 7) is 6.75. The van der Waals surface area contributed by atoms with Crippen LogP contribution in [0.2, 0.25) is 0 Å². The summed E-state index contributed by atoms with van der Waals surface area (Å²) in [5.41, 5.74) is -2.55. The first-order chi connectivity index (χ1) is 17.4. The van der Waals surface area contributed by atoms with Gasteiger partial charge in [0.15, 0.2) is 0 Å². The minimum absolute atomic E-state index is 0.197. The SMILES string of the molecule is Cc1cc(C(O)(C(F)(F)F)C(F)(F)F)ccc1-c1ccc(CN2CCN(Cc3ccncc3)CC2)cc1. The Morgan fingerprint density at radius 1 is 0.730 bits per heavy atom. The minimum atomic E-state index is -5.91. The van der Waals surface area contributed by atoms with Gasteiger partial charge in [0.05, 0.1) is 0 Å². The highest BCUT2D eigenvalue weighted by molar-refractivity contribution is 5.68. The maximum atomic E-state index is 13.2. The Bertz CT molecular complexity index is 1170. The number of aromatic nitrogens is 1. The van der Waals surface area contributed by atoms with Crippen LogP contribution in [0.25, 0.3) is 11.1 Å². The second-order valence-electron chi connectivity index (χ2n) is 9.34. The molecule has 198 valence electrons. The van der Waals surface area contributed by atoms with Gasteiger partial charge in [-0.3, -0.25) is 14.8 Å². The van der Waals surface area contributed by atoms with Crippen LogP contribution < -0.4 is 0 Å². The van der Waals surface area contributed by atoms with Gasteiger partial charge in [-0.15, -0.1) is 0 Å². The topological polar surface area (TPSA) is 39.6 Å². The van der Waals surface area contributed by atoms with Crippen molar-refractivity contribution >= 4 is 0 Å². The van der Waals surface area contributed by atoms with Gasteiger partial charge in [0.2, 0.25) is 0 Å². The van der Waals surface area contributed by atoms with E-state index in [2.05, 4.69) is 14.8 Å². The van der Waals surface area contributed by atoms with E-state index in [1.165, 1.54) is 18.6 Å². The standard InChI is InChI=1S/C27H27F6N3O/c1-19-16-23(25(37,26(28,29)30)27(31,32)33)6-7-24(19)22-4-2-20(3-5-22)17-35-12-14-36(15-13-35)18-21-8-10-34-11-9-21/h2-11,16,37H,12-15,17-18H2,1H3. The Kier molecular flexibility index (Phi) is 7.64. The number of pyridine rings is 1. The molecule has 4 nitrogen and oxygen atoms in total. The van der Waals surface area contributed by atoms with Crippen molar-refractivity contribution in [3.63, 3.8) is 0 Å². The van der Waals surface area contributed by atoms with Gasteiger partial charge in [-0.1, -0.05) is 42.5 Å². The van der Waals surface area contributed by atoms with E-state index in [1.807, 2.05) is 24.3 Å². The smallest absolute Gasteiger partial charge is 0.369 e. The highest BCUT2D eigenvalue weighted by Crippen LogP contribution is 2.50. The lowest BCUT2D eigenvalue weighted by Crippen LogP contribution is -2.53. The van der Waals surface area contributed by atoms with E-state index >= 15 is 0 Å². The maximum absolute atomic E-state index is 13.2. The Balaban J connectivity index is 1.41. The second-order valence-corrected chi connectivity index (χ2v) is 9.34. The van der Waals surface area contributed by atoms with Crippen molar-refractivity contribution in [1.82, 2.24) is 14.8 Å². The summed E-state index contributed by atoms with van der Waals surface area (Å²) in [5, 5.41) is 9.66. The molecule has 0 radical (unpaired) electrons. The van der Waals surface area contributed by atoms with E-state index < -0.39 is 23.5 Å². The van der Waals surface area contributed by atoms with Crippen LogP contribution in [-0.4, -0.2) is 58.4 Å². The molecule has 2 heterocycles. The van der Waals surface area contributed by atoms with E-state index in [0.29, 0.717) is 17.2 Å². The normalized spacial score (nSPS) is 16.2. The third-order valence-corrected chi connectivity index (χ3v) is 6.76. The third-order valence-electron chi connectivity index (χ3n) is 6.76. The minimum Gasteiger partial charge on any atom is -0.369 e. The van der Waals surface area contributed by atoms with Crippen molar-refractivity contribution in [1.29, 1.82) is 0 Å². The molecule has 1 aliphatic rings. The number of halogens is 6. The van der Waals surface area contributed by atoms with Crippen LogP contribution in [0.4, 0.5) is 26.3 Å². The molecular weight excluding hydrogens is 496 g/mol. The maximum Gasteiger partial charge on any atom is 0.430 e. The molecule has 0 amide bonds. The monoisotopic (exact) mass is 523 g/mol. The highest BCUT2D eigenvalue weighted by Gasteiger charge is 2.71. The van der Waals surface area contributed by atoms with Gasteiger partial charge in [0.25, 0.3) is 5.60 Å². The van der Waals surface area contributed by atoms with Crippen LogP contribution in [0.15, 0.2) is 67.0 Å². The third kappa shape index (κ3) is 5.81. The molecule has 1 N–H and O–H groups in total. The van der Waals surface area contributed by atoms with Gasteiger partial charge < -0.3 is 5.11 Å². The van der Waals surface area contributed by atoms with Crippen LogP contribution in [0.3, 0.4) is 0 Å². The van der Waals surface area contributed by atoms with E-state index in [0.717, 1.165) is 50.9 Å². The lowest BCUT2D eigenvalue weighted by molar-refractivity contribution is -0.376. The van der Waals surface area contributed by atoms with E-state index in [9.17, 15) is 31.4 Å². The first-order valence-corrected chi connectivity index (χ1v) is 11.8. The number of nitrogens with zero attached hydrogens (tertiary/aromatic N) is 3. The van der Waals surface area contributed by atoms with Crippen molar-refractivity contribution in [2.75, 3.05) is 26.2 Å². The molecule has 10 heteroatoms. The summed E-state index contributed by atoms with van der Waals surface area (Å²) in [6, 6.07) is 14.1. The van der Waals surface area contributed by atoms with Crippen LogP contribution in [0.1, 0.15) is 22.3 Å². The second kappa shape index (κ2) is 10.4. The number of hydrogen-bond acceptors (Lipinski definition) is 4. The summed E-state index contributed by atoms with van der Waals surface area (Å²) in [5.74, 6) is 0. The molecule has 0 unspecified atom stereocenters. The van der Waals surface area contributed by atoms with Gasteiger partial charge in [0, 0.05) is 57.2 Å². The molecule has 3 aromatic rings. The van der Waals surface area contributed by atoms with Crippen LogP contribution in [0.5, 0.6) is 0 Å². The molecule has 2 aromatic carbocycles. The fraction of sp³-hybridized carbons (Fsp3) is 0.370. The van der Waals surface area contributed by atoms with Crippen molar-refractivity contribution in [3.05, 3.63) is 89.2 Å². The average molecular weight is 524 g/mol. The van der Waals surface area contributed by atoms with Crippen LogP contribution in [-0.2, 0) is 18.7 Å². The van der Waals surface area contributed by atoms with Gasteiger partial charge in [-0.2, -0.15) is 26.3 Å². The molecule has 0 saturated carbocycles. The Hall–Kier alpha value is -2.95. The lowest BCUT2D eigenvalue weighted by atomic mass is 9.88. The molecule has 4 rings (SSSR count). The zero-order chi connectivity index (χ0) is 26.8. The Labute approximate surface area is 211 Å². The van der Waals surface area contributed by atoms with Crippen LogP contribution in [0, 0.1) is 6.92 Å². The molecule has 1 aromatic heterocycles. The van der Waals surface area contributed by atoms with Gasteiger partial charge in [0.1, 0.15) is 0 Å². The quantitative estimate of drug-likeness (QED) is 0.422. The fourth-order valence-electron chi connectivity index (χ4n) is 4.60. The van der Waals surface area contributed by atoms with Crippen molar-refractivity contribution in [3.8, 4) is 11.1 Å². The van der Waals surface area contributed by atoms with Crippen molar-refractivity contribution < 1.29 is 31.4 Å². The summed E-state index contributed by atoms with van der Waals surface area (Å²) in [6.07, 6.45) is -8.25. The largest absolute Gasteiger partial charge is 0.430 e. The molecule has 1 aliphatic heterocycles. The number of hydrogen-bond donors (Lipinski definition) is 1. The molecular formula is C27H27F6N3O. The van der Waals surface area contributed by atoms with Gasteiger partial charge in [-0.25, -0.2) is 0 Å². The van der Waals surface area contributed by atoms with Gasteiger partial charge >= 0.3 is 12.4 Å². The molecule has 1 saturated heterocycles. The fourth-order valence-corrected chi connectivity index (χ4v) is 4.60. The number of piperazine rings is 1. The van der Waals surface area contributed by atoms with Crippen molar-refractivity contribution in [2.45, 2.75) is 38.0 Å². The van der Waals surface area contributed by atoms with E-state index in [-0.39, 0.29) is 5.56 Å². The number of aliphatic hydroxyl groups is 1. The average Bonchev–Trinajstić information content (AvgIpc) is 2.84. The Morgan fingerprint density at radius 3 is 1.68 bits per heavy atom. The summed E-state index contributed by atoms with van der Waals surface area (Å²) >= 11 is 0. The number of benzene rings is 2. The summed E-state index contributed by atoms with van der Waals surface area (Å²) in [4.78, 5) is 8.77. The Morgan fingerprint density at radius 2 is 1.22 bits per heavy atom. The predicted molar refractivity (Wildman–Crippen MR) is 127 cm³/mol. The summed E-state index contributed by atoms with van der Waals surface area (Å²) < 4.78 is 79.3. The molecule has 37 heavy (non-hydrogen) atoms. The van der Waals surface area contributed by atoms with E-state index in [1.54, 1.807) is 24.5 Å². The molecule has 0 bridgehead atoms. The number of rotatable bonds is 6. The highest BCUT2D eigenvalue weighted by atomic mass is 19.4. The molecule has 0 spiro atoms. The summed E-state index contributed by atoms with van der Waals surface area (Å²) in [7, 11) is 0. The predicted octanol–water partition coefficient (Wildman–Crippen LogP) is 5.69. The molecule has 0 atom stereocenters. The lowest BCUT2D eigenvalue weighted by Gasteiger charge is -2.34. The molecule has 0 aliphatic carbocycles. The van der Waals surface area contributed by atoms with Crippen molar-refractivity contribution in [2.24, 2.45) is 0 Å². The first kappa shape index (κ1) is 27.1.